The fourth-order valence-corrected chi connectivity index (χ4v) is 7.38. The largest absolute Gasteiger partial charge is 0.343 e. The zero-order valence-corrected chi connectivity index (χ0v) is 24.8. The minimum absolute atomic E-state index is 0.0764. The molecule has 3 aliphatic rings. The summed E-state index contributed by atoms with van der Waals surface area (Å²) in [5.74, 6) is 1.35. The number of carbonyl (C=O) groups excluding carboxylic acids is 3. The second kappa shape index (κ2) is 12.0. The number of halogens is 1. The molecule has 3 amide bonds. The van der Waals surface area contributed by atoms with E-state index in [-0.39, 0.29) is 23.6 Å². The van der Waals surface area contributed by atoms with Gasteiger partial charge >= 0.3 is 0 Å². The van der Waals surface area contributed by atoms with Crippen LogP contribution in [0.15, 0.2) is 30.3 Å². The van der Waals surface area contributed by atoms with Gasteiger partial charge in [-0.2, -0.15) is 0 Å². The third-order valence-corrected chi connectivity index (χ3v) is 10.1. The topological polar surface area (TPSA) is 64.2 Å². The number of hydrogen-bond acceptors (Lipinski definition) is 5. The van der Waals surface area contributed by atoms with Gasteiger partial charge in [0, 0.05) is 74.2 Å². The Kier molecular flexibility index (Phi) is 8.64. The highest BCUT2D eigenvalue weighted by molar-refractivity contribution is 7.13. The Balaban J connectivity index is 1.16. The molecule has 7 nitrogen and oxygen atoms in total. The number of thiophene rings is 1. The van der Waals surface area contributed by atoms with E-state index in [1.807, 2.05) is 58.9 Å². The molecule has 1 aromatic heterocycles. The summed E-state index contributed by atoms with van der Waals surface area (Å²) in [6.45, 7) is 12.1. The summed E-state index contributed by atoms with van der Waals surface area (Å²) >= 11 is 8.03. The standard InChI is InChI=1S/C30H39ClN4O3S/c1-20-5-7-26(15-27(20)31)35(29(37)23-9-13-33(14-10-23)22(3)36)12-4-11-32-16-24-18-34(19-25(24)17-32)30(38)28-8-6-21(2)39-28/h5-8,15,23-25H,4,9-14,16-19H2,1-3H3. The van der Waals surface area contributed by atoms with E-state index >= 15 is 0 Å². The van der Waals surface area contributed by atoms with Crippen LogP contribution in [0.3, 0.4) is 0 Å². The minimum atomic E-state index is -0.0810. The Hall–Kier alpha value is -2.42. The molecule has 0 N–H and O–H groups in total. The number of anilines is 1. The average Bonchev–Trinajstić information content (AvgIpc) is 3.63. The Morgan fingerprint density at radius 1 is 0.974 bits per heavy atom. The van der Waals surface area contributed by atoms with Crippen LogP contribution in [0.5, 0.6) is 0 Å². The van der Waals surface area contributed by atoms with Crippen LogP contribution in [0.1, 0.15) is 46.3 Å². The molecule has 3 fully saturated rings. The van der Waals surface area contributed by atoms with Crippen LogP contribution in [0.25, 0.3) is 0 Å². The first-order chi connectivity index (χ1) is 18.7. The number of hydrogen-bond donors (Lipinski definition) is 0. The summed E-state index contributed by atoms with van der Waals surface area (Å²) in [5.41, 5.74) is 1.84. The smallest absolute Gasteiger partial charge is 0.263 e. The molecule has 5 rings (SSSR count). The van der Waals surface area contributed by atoms with Crippen LogP contribution in [0.4, 0.5) is 5.69 Å². The molecule has 0 aliphatic carbocycles. The molecular weight excluding hydrogens is 532 g/mol. The third kappa shape index (κ3) is 6.34. The zero-order valence-electron chi connectivity index (χ0n) is 23.2. The quantitative estimate of drug-likeness (QED) is 0.484. The number of carbonyl (C=O) groups is 3. The number of piperidine rings is 1. The third-order valence-electron chi connectivity index (χ3n) is 8.68. The molecule has 0 radical (unpaired) electrons. The number of likely N-dealkylation sites (tertiary alicyclic amines) is 3. The van der Waals surface area contributed by atoms with Gasteiger partial charge in [0.15, 0.2) is 0 Å². The molecule has 2 atom stereocenters. The second-order valence-corrected chi connectivity index (χ2v) is 13.2. The van der Waals surface area contributed by atoms with Gasteiger partial charge in [0.05, 0.1) is 4.88 Å². The van der Waals surface area contributed by atoms with Crippen LogP contribution in [0, 0.1) is 31.6 Å². The van der Waals surface area contributed by atoms with E-state index in [9.17, 15) is 14.4 Å². The van der Waals surface area contributed by atoms with Crippen molar-refractivity contribution in [3.8, 4) is 0 Å². The summed E-state index contributed by atoms with van der Waals surface area (Å²) in [7, 11) is 0. The molecule has 1 aromatic carbocycles. The number of fused-ring (bicyclic) bond motifs is 1. The first-order valence-corrected chi connectivity index (χ1v) is 15.3. The first-order valence-electron chi connectivity index (χ1n) is 14.1. The Labute approximate surface area is 240 Å². The van der Waals surface area contributed by atoms with Gasteiger partial charge in [-0.1, -0.05) is 17.7 Å². The molecule has 3 saturated heterocycles. The molecule has 4 heterocycles. The van der Waals surface area contributed by atoms with E-state index in [1.165, 1.54) is 4.88 Å². The van der Waals surface area contributed by atoms with Gasteiger partial charge in [0.25, 0.3) is 5.91 Å². The lowest BCUT2D eigenvalue weighted by atomic mass is 9.94. The van der Waals surface area contributed by atoms with E-state index in [0.29, 0.717) is 49.3 Å². The number of rotatable bonds is 7. The van der Waals surface area contributed by atoms with Gasteiger partial charge in [-0.3, -0.25) is 14.4 Å². The van der Waals surface area contributed by atoms with Crippen molar-refractivity contribution in [2.75, 3.05) is 57.3 Å². The maximum absolute atomic E-state index is 13.7. The molecule has 2 aromatic rings. The van der Waals surface area contributed by atoms with Gasteiger partial charge < -0.3 is 19.6 Å². The van der Waals surface area contributed by atoms with E-state index in [4.69, 9.17) is 11.6 Å². The molecule has 9 heteroatoms. The predicted octanol–water partition coefficient (Wildman–Crippen LogP) is 4.70. The van der Waals surface area contributed by atoms with Crippen molar-refractivity contribution < 1.29 is 14.4 Å². The monoisotopic (exact) mass is 570 g/mol. The summed E-state index contributed by atoms with van der Waals surface area (Å²) in [6, 6.07) is 9.83. The number of aryl methyl sites for hydroxylation is 2. The normalized spacial score (nSPS) is 21.8. The predicted molar refractivity (Wildman–Crippen MR) is 157 cm³/mol. The van der Waals surface area contributed by atoms with E-state index in [2.05, 4.69) is 4.90 Å². The van der Waals surface area contributed by atoms with Crippen molar-refractivity contribution in [2.24, 2.45) is 17.8 Å². The second-order valence-electron chi connectivity index (χ2n) is 11.5. The first kappa shape index (κ1) is 28.1. The number of amides is 3. The average molecular weight is 571 g/mol. The molecule has 0 spiro atoms. The SMILES string of the molecule is CC(=O)N1CCC(C(=O)N(CCCN2CC3CN(C(=O)c4ccc(C)s4)CC3C2)c2ccc(C)c(Cl)c2)CC1. The molecule has 0 saturated carbocycles. The van der Waals surface area contributed by atoms with Crippen molar-refractivity contribution in [2.45, 2.75) is 40.0 Å². The number of nitrogens with zero attached hydrogens (tertiary/aromatic N) is 4. The summed E-state index contributed by atoms with van der Waals surface area (Å²) in [5, 5.41) is 0.667. The van der Waals surface area contributed by atoms with E-state index < -0.39 is 0 Å². The van der Waals surface area contributed by atoms with Crippen LogP contribution in [0.2, 0.25) is 5.02 Å². The van der Waals surface area contributed by atoms with Crippen molar-refractivity contribution >= 4 is 46.3 Å². The molecular formula is C30H39ClN4O3S. The highest BCUT2D eigenvalue weighted by Crippen LogP contribution is 2.33. The van der Waals surface area contributed by atoms with Gasteiger partial charge in [0.2, 0.25) is 11.8 Å². The summed E-state index contributed by atoms with van der Waals surface area (Å²) in [4.78, 5) is 48.7. The maximum Gasteiger partial charge on any atom is 0.263 e. The molecule has 2 unspecified atom stereocenters. The van der Waals surface area contributed by atoms with Crippen LogP contribution >= 0.6 is 22.9 Å². The van der Waals surface area contributed by atoms with Crippen molar-refractivity contribution in [3.05, 3.63) is 50.7 Å². The van der Waals surface area contributed by atoms with Crippen LogP contribution in [-0.4, -0.2) is 84.8 Å². The van der Waals surface area contributed by atoms with Crippen molar-refractivity contribution in [1.82, 2.24) is 14.7 Å². The lowest BCUT2D eigenvalue weighted by molar-refractivity contribution is -0.133. The maximum atomic E-state index is 13.7. The highest BCUT2D eigenvalue weighted by Gasteiger charge is 2.41. The van der Waals surface area contributed by atoms with Crippen molar-refractivity contribution in [3.63, 3.8) is 0 Å². The molecule has 3 aliphatic heterocycles. The van der Waals surface area contributed by atoms with Crippen LogP contribution in [-0.2, 0) is 9.59 Å². The fourth-order valence-electron chi connectivity index (χ4n) is 6.37. The Morgan fingerprint density at radius 3 is 2.26 bits per heavy atom. The van der Waals surface area contributed by atoms with Gasteiger partial charge in [-0.25, -0.2) is 0 Å². The summed E-state index contributed by atoms with van der Waals surface area (Å²) in [6.07, 6.45) is 2.27. The fraction of sp³-hybridized carbons (Fsp3) is 0.567. The molecule has 210 valence electrons. The van der Waals surface area contributed by atoms with Crippen molar-refractivity contribution in [1.29, 1.82) is 0 Å². The Bertz CT molecular complexity index is 1210. The zero-order chi connectivity index (χ0) is 27.7. The van der Waals surface area contributed by atoms with Gasteiger partial charge in [-0.05, 0) is 81.3 Å². The van der Waals surface area contributed by atoms with E-state index in [0.717, 1.165) is 55.3 Å². The van der Waals surface area contributed by atoms with E-state index in [1.54, 1.807) is 18.3 Å². The molecule has 39 heavy (non-hydrogen) atoms. The summed E-state index contributed by atoms with van der Waals surface area (Å²) < 4.78 is 0. The van der Waals surface area contributed by atoms with Gasteiger partial charge in [-0.15, -0.1) is 11.3 Å². The lowest BCUT2D eigenvalue weighted by Gasteiger charge is -2.34. The van der Waals surface area contributed by atoms with Gasteiger partial charge in [0.1, 0.15) is 0 Å². The van der Waals surface area contributed by atoms with Crippen LogP contribution < -0.4 is 4.90 Å². The highest BCUT2D eigenvalue weighted by atomic mass is 35.5. The molecule has 0 bridgehead atoms. The number of benzene rings is 1. The minimum Gasteiger partial charge on any atom is -0.343 e. The Morgan fingerprint density at radius 2 is 1.67 bits per heavy atom. The lowest BCUT2D eigenvalue weighted by Crippen LogP contribution is -2.44.